The van der Waals surface area contributed by atoms with Crippen molar-refractivity contribution < 1.29 is 4.79 Å². The summed E-state index contributed by atoms with van der Waals surface area (Å²) in [6.45, 7) is 6.47. The number of nitrogen functional groups attached to an aromatic ring is 1. The Balaban J connectivity index is 1.28. The number of amides is 1. The molecular weight excluding hydrogens is 432 g/mol. The summed E-state index contributed by atoms with van der Waals surface area (Å²) in [4.78, 5) is 25.1. The molecule has 2 aromatic heterocycles. The van der Waals surface area contributed by atoms with E-state index in [1.165, 1.54) is 30.6 Å². The topological polar surface area (TPSA) is 108 Å². The number of anilines is 2. The lowest BCUT2D eigenvalue weighted by atomic mass is 9.95. The highest BCUT2D eigenvalue weighted by atomic mass is 32.1. The van der Waals surface area contributed by atoms with Crippen LogP contribution in [0.25, 0.3) is 10.3 Å². The van der Waals surface area contributed by atoms with Crippen molar-refractivity contribution in [2.45, 2.75) is 39.0 Å². The molecule has 2 fully saturated rings. The van der Waals surface area contributed by atoms with E-state index in [4.69, 9.17) is 5.73 Å². The van der Waals surface area contributed by atoms with Crippen molar-refractivity contribution in [3.63, 3.8) is 0 Å². The zero-order chi connectivity index (χ0) is 23.1. The van der Waals surface area contributed by atoms with Crippen molar-refractivity contribution >= 4 is 39.0 Å². The Labute approximate surface area is 197 Å². The number of nitriles is 1. The third-order valence-corrected chi connectivity index (χ3v) is 8.08. The first-order valence-electron chi connectivity index (χ1n) is 11.5. The van der Waals surface area contributed by atoms with Crippen LogP contribution in [-0.2, 0) is 0 Å². The molecule has 170 valence electrons. The maximum absolute atomic E-state index is 12.8. The number of nitrogens with zero attached hydrogens (tertiary/aromatic N) is 4. The molecule has 3 atom stereocenters. The largest absolute Gasteiger partial charge is 0.396 e. The van der Waals surface area contributed by atoms with Gasteiger partial charge in [-0.1, -0.05) is 13.0 Å². The van der Waals surface area contributed by atoms with Gasteiger partial charge in [-0.2, -0.15) is 5.26 Å². The first-order valence-corrected chi connectivity index (χ1v) is 12.3. The molecule has 1 aliphatic carbocycles. The average Bonchev–Trinajstić information content (AvgIpc) is 3.34. The summed E-state index contributed by atoms with van der Waals surface area (Å²) in [5, 5.41) is 12.8. The van der Waals surface area contributed by atoms with Crippen LogP contribution < -0.4 is 16.0 Å². The molecule has 7 nitrogen and oxygen atoms in total. The predicted molar refractivity (Wildman–Crippen MR) is 132 cm³/mol. The molecule has 1 aromatic carbocycles. The molecule has 1 amide bonds. The smallest absolute Gasteiger partial charge is 0.263 e. The molecular formula is C25H28N6OS. The Morgan fingerprint density at radius 3 is 2.85 bits per heavy atom. The molecule has 1 saturated heterocycles. The van der Waals surface area contributed by atoms with Gasteiger partial charge in [0, 0.05) is 25.8 Å². The molecule has 3 heterocycles. The van der Waals surface area contributed by atoms with Gasteiger partial charge < -0.3 is 16.0 Å². The number of nitrogens with two attached hydrogens (primary N) is 1. The highest BCUT2D eigenvalue weighted by Gasteiger charge is 2.33. The average molecular weight is 461 g/mol. The number of aryl methyl sites for hydroxylation is 1. The van der Waals surface area contributed by atoms with Gasteiger partial charge >= 0.3 is 0 Å². The summed E-state index contributed by atoms with van der Waals surface area (Å²) in [5.41, 5.74) is 10.7. The molecule has 5 rings (SSSR count). The van der Waals surface area contributed by atoms with Gasteiger partial charge in [-0.05, 0) is 61.6 Å². The fraction of sp³-hybridized carbons (Fsp3) is 0.440. The van der Waals surface area contributed by atoms with Gasteiger partial charge in [0.1, 0.15) is 21.3 Å². The SMILES string of the molecule is Cc1cnc2c(N)c(C(=O)NCC(C)c3ccc(N4CC5CCC(C5)C4)c(C#N)c3)sc2n1. The number of hydrogen-bond acceptors (Lipinski definition) is 7. The number of rotatable bonds is 5. The van der Waals surface area contributed by atoms with Crippen LogP contribution in [0, 0.1) is 30.1 Å². The minimum atomic E-state index is -0.220. The van der Waals surface area contributed by atoms with E-state index in [0.29, 0.717) is 33.0 Å². The van der Waals surface area contributed by atoms with Crippen LogP contribution >= 0.6 is 11.3 Å². The maximum Gasteiger partial charge on any atom is 0.263 e. The lowest BCUT2D eigenvalue weighted by molar-refractivity contribution is 0.0956. The first kappa shape index (κ1) is 21.7. The number of fused-ring (bicyclic) bond motifs is 3. The number of aromatic nitrogens is 2. The van der Waals surface area contributed by atoms with Crippen LogP contribution in [0.5, 0.6) is 0 Å². The number of piperidine rings is 1. The fourth-order valence-electron chi connectivity index (χ4n) is 5.21. The van der Waals surface area contributed by atoms with E-state index in [0.717, 1.165) is 41.9 Å². The Morgan fingerprint density at radius 2 is 2.12 bits per heavy atom. The van der Waals surface area contributed by atoms with E-state index in [9.17, 15) is 10.1 Å². The van der Waals surface area contributed by atoms with Gasteiger partial charge in [-0.3, -0.25) is 4.79 Å². The number of carbonyl (C=O) groups is 1. The second-order valence-corrected chi connectivity index (χ2v) is 10.5. The summed E-state index contributed by atoms with van der Waals surface area (Å²) in [7, 11) is 0. The van der Waals surface area contributed by atoms with Crippen LogP contribution in [0.3, 0.4) is 0 Å². The van der Waals surface area contributed by atoms with Crippen molar-refractivity contribution in [3.05, 3.63) is 46.1 Å². The summed E-state index contributed by atoms with van der Waals surface area (Å²) in [5.74, 6) is 1.36. The summed E-state index contributed by atoms with van der Waals surface area (Å²) < 4.78 is 0. The molecule has 8 heteroatoms. The molecule has 0 radical (unpaired) electrons. The first-order chi connectivity index (χ1) is 15.9. The van der Waals surface area contributed by atoms with Crippen molar-refractivity contribution in [1.29, 1.82) is 5.26 Å². The standard InChI is InChI=1S/C25H28N6OS/c1-14(10-29-24(32)23-21(27)22-25(33-23)30-15(2)11-28-22)18-5-6-20(19(8-18)9-26)31-12-16-3-4-17(7-16)13-31/h5-6,8,11,14,16-17H,3-4,7,10,12-13,27H2,1-2H3,(H,29,32). The Bertz CT molecular complexity index is 1250. The van der Waals surface area contributed by atoms with Crippen LogP contribution in [-0.4, -0.2) is 35.5 Å². The highest BCUT2D eigenvalue weighted by Crippen LogP contribution is 2.39. The minimum absolute atomic E-state index is 0.0572. The lowest BCUT2D eigenvalue weighted by Crippen LogP contribution is -2.36. The molecule has 1 aliphatic heterocycles. The van der Waals surface area contributed by atoms with E-state index in [1.807, 2.05) is 13.0 Å². The van der Waals surface area contributed by atoms with Crippen molar-refractivity contribution in [2.24, 2.45) is 11.8 Å². The molecule has 33 heavy (non-hydrogen) atoms. The quantitative estimate of drug-likeness (QED) is 0.590. The van der Waals surface area contributed by atoms with E-state index < -0.39 is 0 Å². The van der Waals surface area contributed by atoms with Gasteiger partial charge in [0.25, 0.3) is 5.91 Å². The maximum atomic E-state index is 12.8. The van der Waals surface area contributed by atoms with Gasteiger partial charge in [0.15, 0.2) is 0 Å². The Hall–Kier alpha value is -3.18. The molecule has 3 aromatic rings. The zero-order valence-electron chi connectivity index (χ0n) is 19.0. The van der Waals surface area contributed by atoms with Gasteiger partial charge in [-0.15, -0.1) is 11.3 Å². The van der Waals surface area contributed by atoms with E-state index in [-0.39, 0.29) is 11.8 Å². The van der Waals surface area contributed by atoms with Crippen molar-refractivity contribution in [3.8, 4) is 6.07 Å². The zero-order valence-corrected chi connectivity index (χ0v) is 19.8. The number of thiophene rings is 1. The third kappa shape index (κ3) is 4.13. The molecule has 2 bridgehead atoms. The third-order valence-electron chi connectivity index (χ3n) is 6.99. The number of nitrogens with one attached hydrogen (secondary N) is 1. The predicted octanol–water partition coefficient (Wildman–Crippen LogP) is 4.22. The molecule has 1 saturated carbocycles. The highest BCUT2D eigenvalue weighted by molar-refractivity contribution is 7.21. The summed E-state index contributed by atoms with van der Waals surface area (Å²) in [6, 6.07) is 8.55. The Kier molecular flexibility index (Phi) is 5.67. The van der Waals surface area contributed by atoms with Crippen LogP contribution in [0.2, 0.25) is 0 Å². The molecule has 2 aliphatic rings. The summed E-state index contributed by atoms with van der Waals surface area (Å²) >= 11 is 1.26. The molecule has 0 spiro atoms. The Morgan fingerprint density at radius 1 is 1.36 bits per heavy atom. The normalized spacial score (nSPS) is 20.6. The van der Waals surface area contributed by atoms with Gasteiger partial charge in [0.2, 0.25) is 0 Å². The van der Waals surface area contributed by atoms with Crippen LogP contribution in [0.1, 0.15) is 58.6 Å². The van der Waals surface area contributed by atoms with E-state index in [2.05, 4.69) is 45.3 Å². The molecule has 3 N–H and O–H groups in total. The monoisotopic (exact) mass is 460 g/mol. The van der Waals surface area contributed by atoms with Crippen molar-refractivity contribution in [2.75, 3.05) is 30.3 Å². The van der Waals surface area contributed by atoms with Crippen LogP contribution in [0.4, 0.5) is 11.4 Å². The second-order valence-electron chi connectivity index (χ2n) is 9.46. The second kappa shape index (κ2) is 8.64. The van der Waals surface area contributed by atoms with Gasteiger partial charge in [-0.25, -0.2) is 9.97 Å². The van der Waals surface area contributed by atoms with Crippen molar-refractivity contribution in [1.82, 2.24) is 15.3 Å². The fourth-order valence-corrected chi connectivity index (χ4v) is 6.23. The van der Waals surface area contributed by atoms with Gasteiger partial charge in [0.05, 0.1) is 22.6 Å². The van der Waals surface area contributed by atoms with Crippen LogP contribution in [0.15, 0.2) is 24.4 Å². The number of hydrogen-bond donors (Lipinski definition) is 2. The lowest BCUT2D eigenvalue weighted by Gasteiger charge is -2.34. The number of benzene rings is 1. The number of carbonyl (C=O) groups excluding carboxylic acids is 1. The minimum Gasteiger partial charge on any atom is -0.396 e. The molecule has 3 unspecified atom stereocenters. The van der Waals surface area contributed by atoms with E-state index in [1.54, 1.807) is 6.20 Å². The van der Waals surface area contributed by atoms with E-state index >= 15 is 0 Å². The summed E-state index contributed by atoms with van der Waals surface area (Å²) in [6.07, 6.45) is 5.62.